The monoisotopic (exact) mass is 362 g/mol. The van der Waals surface area contributed by atoms with E-state index in [-0.39, 0.29) is 36.0 Å². The number of nitrogens with zero attached hydrogens (tertiary/aromatic N) is 1. The molecule has 0 radical (unpaired) electrons. The van der Waals surface area contributed by atoms with Crippen molar-refractivity contribution >= 4 is 5.91 Å². The lowest BCUT2D eigenvalue weighted by Gasteiger charge is -2.38. The summed E-state index contributed by atoms with van der Waals surface area (Å²) < 4.78 is 31.8. The molecule has 1 aliphatic carbocycles. The first-order valence-corrected chi connectivity index (χ1v) is 8.37. The maximum atomic E-state index is 13.8. The maximum Gasteiger partial charge on any atom is 0.225 e. The van der Waals surface area contributed by atoms with Crippen molar-refractivity contribution in [3.8, 4) is 5.88 Å². The molecule has 7 heteroatoms. The third-order valence-electron chi connectivity index (χ3n) is 4.63. The Morgan fingerprint density at radius 3 is 2.69 bits per heavy atom. The minimum absolute atomic E-state index is 0.0715. The fraction of sp³-hybridized carbons (Fsp3) is 0.368. The number of carbonyl (C=O) groups excluding carboxylic acids is 1. The molecule has 1 aromatic heterocycles. The van der Waals surface area contributed by atoms with Crippen molar-refractivity contribution in [1.82, 2.24) is 10.3 Å². The Bertz CT molecular complexity index is 777. The normalized spacial score (nSPS) is 20.2. The number of amides is 1. The van der Waals surface area contributed by atoms with Gasteiger partial charge in [-0.3, -0.25) is 4.79 Å². The molecule has 1 saturated carbocycles. The predicted octanol–water partition coefficient (Wildman–Crippen LogP) is 2.54. The van der Waals surface area contributed by atoms with Crippen LogP contribution >= 0.6 is 0 Å². The number of nitrogens with one attached hydrogen (secondary N) is 1. The molecule has 1 amide bonds. The van der Waals surface area contributed by atoms with E-state index in [4.69, 9.17) is 4.74 Å². The molecule has 1 atom stereocenters. The van der Waals surface area contributed by atoms with E-state index in [0.29, 0.717) is 18.7 Å². The molecule has 0 bridgehead atoms. The number of rotatable bonds is 6. The van der Waals surface area contributed by atoms with Gasteiger partial charge in [0.1, 0.15) is 11.6 Å². The van der Waals surface area contributed by atoms with Crippen LogP contribution in [0.25, 0.3) is 0 Å². The number of halogens is 2. The summed E-state index contributed by atoms with van der Waals surface area (Å²) in [7, 11) is 1.51. The fourth-order valence-corrected chi connectivity index (χ4v) is 3.13. The van der Waals surface area contributed by atoms with Crippen molar-refractivity contribution in [3.63, 3.8) is 0 Å². The van der Waals surface area contributed by atoms with Crippen molar-refractivity contribution in [2.45, 2.75) is 31.4 Å². The number of methoxy groups -OCH3 is 1. The smallest absolute Gasteiger partial charge is 0.225 e. The Kier molecular flexibility index (Phi) is 5.46. The SMILES string of the molecule is COc1ccc([C@@H](NC(=O)Cc2ccc(F)cc2F)C2CC(O)C2)cn1. The first-order chi connectivity index (χ1) is 12.5. The molecule has 1 aromatic carbocycles. The highest BCUT2D eigenvalue weighted by molar-refractivity contribution is 5.79. The Balaban J connectivity index is 1.73. The number of ether oxygens (including phenoxy) is 1. The number of carbonyl (C=O) groups is 1. The number of aliphatic hydroxyl groups excluding tert-OH is 1. The van der Waals surface area contributed by atoms with E-state index >= 15 is 0 Å². The van der Waals surface area contributed by atoms with Gasteiger partial charge in [-0.15, -0.1) is 0 Å². The van der Waals surface area contributed by atoms with E-state index in [1.807, 2.05) is 0 Å². The number of aromatic nitrogens is 1. The second-order valence-electron chi connectivity index (χ2n) is 6.48. The van der Waals surface area contributed by atoms with E-state index in [0.717, 1.165) is 17.7 Å². The average molecular weight is 362 g/mol. The third kappa shape index (κ3) is 4.16. The zero-order valence-electron chi connectivity index (χ0n) is 14.3. The van der Waals surface area contributed by atoms with Crippen LogP contribution in [0.2, 0.25) is 0 Å². The molecule has 5 nitrogen and oxygen atoms in total. The number of benzene rings is 1. The van der Waals surface area contributed by atoms with Gasteiger partial charge in [-0.25, -0.2) is 13.8 Å². The summed E-state index contributed by atoms with van der Waals surface area (Å²) in [5.74, 6) is -1.28. The van der Waals surface area contributed by atoms with Gasteiger partial charge in [-0.2, -0.15) is 0 Å². The third-order valence-corrected chi connectivity index (χ3v) is 4.63. The Morgan fingerprint density at radius 1 is 1.35 bits per heavy atom. The molecule has 0 saturated heterocycles. The van der Waals surface area contributed by atoms with Crippen LogP contribution in [0.15, 0.2) is 36.5 Å². The first kappa shape index (κ1) is 18.3. The van der Waals surface area contributed by atoms with E-state index in [2.05, 4.69) is 10.3 Å². The summed E-state index contributed by atoms with van der Waals surface area (Å²) in [6.45, 7) is 0. The highest BCUT2D eigenvalue weighted by Gasteiger charge is 2.35. The Labute approximate surface area is 150 Å². The lowest BCUT2D eigenvalue weighted by atomic mass is 9.75. The highest BCUT2D eigenvalue weighted by Crippen LogP contribution is 2.38. The van der Waals surface area contributed by atoms with Crippen LogP contribution in [0.3, 0.4) is 0 Å². The summed E-state index contributed by atoms with van der Waals surface area (Å²) in [5, 5.41) is 12.5. The molecule has 138 valence electrons. The van der Waals surface area contributed by atoms with Crippen molar-refractivity contribution in [3.05, 3.63) is 59.3 Å². The first-order valence-electron chi connectivity index (χ1n) is 8.37. The molecule has 0 aliphatic heterocycles. The fourth-order valence-electron chi connectivity index (χ4n) is 3.13. The summed E-state index contributed by atoms with van der Waals surface area (Å²) in [4.78, 5) is 16.6. The van der Waals surface area contributed by atoms with Gasteiger partial charge in [0.25, 0.3) is 0 Å². The van der Waals surface area contributed by atoms with E-state index in [1.54, 1.807) is 18.3 Å². The summed E-state index contributed by atoms with van der Waals surface area (Å²) in [5.41, 5.74) is 0.916. The molecule has 3 rings (SSSR count). The zero-order chi connectivity index (χ0) is 18.7. The van der Waals surface area contributed by atoms with Crippen molar-refractivity contribution in [2.75, 3.05) is 7.11 Å². The number of pyridine rings is 1. The van der Waals surface area contributed by atoms with Gasteiger partial charge >= 0.3 is 0 Å². The quantitative estimate of drug-likeness (QED) is 0.828. The molecule has 0 unspecified atom stereocenters. The van der Waals surface area contributed by atoms with Gasteiger partial charge in [-0.1, -0.05) is 12.1 Å². The topological polar surface area (TPSA) is 71.5 Å². The zero-order valence-corrected chi connectivity index (χ0v) is 14.3. The van der Waals surface area contributed by atoms with Gasteiger partial charge in [-0.05, 0) is 36.0 Å². The predicted molar refractivity (Wildman–Crippen MR) is 90.5 cm³/mol. The molecule has 2 aromatic rings. The second-order valence-corrected chi connectivity index (χ2v) is 6.48. The summed E-state index contributed by atoms with van der Waals surface area (Å²) >= 11 is 0. The lowest BCUT2D eigenvalue weighted by molar-refractivity contribution is -0.122. The van der Waals surface area contributed by atoms with E-state index < -0.39 is 11.6 Å². The van der Waals surface area contributed by atoms with Crippen LogP contribution in [0.4, 0.5) is 8.78 Å². The molecule has 2 N–H and O–H groups in total. The minimum Gasteiger partial charge on any atom is -0.481 e. The van der Waals surface area contributed by atoms with Gasteiger partial charge in [0.15, 0.2) is 0 Å². The van der Waals surface area contributed by atoms with Crippen LogP contribution in [-0.4, -0.2) is 29.2 Å². The summed E-state index contributed by atoms with van der Waals surface area (Å²) in [6.07, 6.45) is 2.19. The van der Waals surface area contributed by atoms with Gasteiger partial charge in [0.2, 0.25) is 11.8 Å². The van der Waals surface area contributed by atoms with E-state index in [1.165, 1.54) is 13.2 Å². The molecule has 1 aliphatic rings. The van der Waals surface area contributed by atoms with Crippen molar-refractivity contribution in [1.29, 1.82) is 0 Å². The van der Waals surface area contributed by atoms with Crippen molar-refractivity contribution in [2.24, 2.45) is 5.92 Å². The van der Waals surface area contributed by atoms with Gasteiger partial charge in [0, 0.05) is 18.3 Å². The minimum atomic E-state index is -0.748. The highest BCUT2D eigenvalue weighted by atomic mass is 19.1. The average Bonchev–Trinajstić information content (AvgIpc) is 2.60. The number of hydrogen-bond donors (Lipinski definition) is 2. The number of aliphatic hydroxyl groups is 1. The van der Waals surface area contributed by atoms with Crippen LogP contribution in [0, 0.1) is 17.6 Å². The molecule has 26 heavy (non-hydrogen) atoms. The largest absolute Gasteiger partial charge is 0.481 e. The molecular weight excluding hydrogens is 342 g/mol. The Hall–Kier alpha value is -2.54. The molecule has 0 spiro atoms. The molecular formula is C19H20F2N2O3. The van der Waals surface area contributed by atoms with Crippen LogP contribution < -0.4 is 10.1 Å². The van der Waals surface area contributed by atoms with Crippen LogP contribution in [0.1, 0.15) is 30.0 Å². The number of hydrogen-bond acceptors (Lipinski definition) is 4. The van der Waals surface area contributed by atoms with Crippen LogP contribution in [-0.2, 0) is 11.2 Å². The Morgan fingerprint density at radius 2 is 2.12 bits per heavy atom. The molecule has 1 fully saturated rings. The van der Waals surface area contributed by atoms with Gasteiger partial charge in [0.05, 0.1) is 25.7 Å². The second kappa shape index (κ2) is 7.78. The van der Waals surface area contributed by atoms with Crippen LogP contribution in [0.5, 0.6) is 5.88 Å². The lowest BCUT2D eigenvalue weighted by Crippen LogP contribution is -2.42. The van der Waals surface area contributed by atoms with Crippen molar-refractivity contribution < 1.29 is 23.4 Å². The maximum absolute atomic E-state index is 13.8. The molecule has 1 heterocycles. The van der Waals surface area contributed by atoms with Gasteiger partial charge < -0.3 is 15.2 Å². The summed E-state index contributed by atoms with van der Waals surface area (Å²) in [6, 6.07) is 6.31. The standard InChI is InChI=1S/C19H20F2N2O3/c1-26-18-5-3-12(10-22-18)19(13-6-15(24)7-13)23-17(25)8-11-2-4-14(20)9-16(11)21/h2-5,9-10,13,15,19,24H,6-8H2,1H3,(H,23,25)/t13?,15?,19-/m1/s1. The van der Waals surface area contributed by atoms with E-state index in [9.17, 15) is 18.7 Å².